The van der Waals surface area contributed by atoms with Crippen molar-refractivity contribution in [2.45, 2.75) is 68.9 Å². The molecule has 0 saturated heterocycles. The number of benzene rings is 1. The second kappa shape index (κ2) is 10.5. The van der Waals surface area contributed by atoms with Gasteiger partial charge in [-0.05, 0) is 23.5 Å². The minimum atomic E-state index is -7.51. The van der Waals surface area contributed by atoms with Crippen LogP contribution in [0.4, 0.5) is 35.1 Å². The lowest BCUT2D eigenvalue weighted by Crippen LogP contribution is -2.67. The maximum Gasteiger partial charge on any atom is 0.438 e. The second-order valence-electron chi connectivity index (χ2n) is 7.79. The van der Waals surface area contributed by atoms with E-state index < -0.39 is 55.6 Å². The van der Waals surface area contributed by atoms with Gasteiger partial charge in [0.25, 0.3) is 10.0 Å². The summed E-state index contributed by atoms with van der Waals surface area (Å²) in [6.07, 6.45) is 2.37. The van der Waals surface area contributed by atoms with Crippen molar-refractivity contribution in [2.75, 3.05) is 6.54 Å². The number of rotatable bonds is 13. The lowest BCUT2D eigenvalue weighted by atomic mass is 9.94. The average Bonchev–Trinajstić information content (AvgIpc) is 2.75. The Balaban J connectivity index is 3.36. The van der Waals surface area contributed by atoms with Gasteiger partial charge < -0.3 is 0 Å². The molecule has 35 heavy (non-hydrogen) atoms. The van der Waals surface area contributed by atoms with Gasteiger partial charge in [0, 0.05) is 13.1 Å². The molecule has 0 radical (unpaired) electrons. The first kappa shape index (κ1) is 31.5. The molecule has 0 bridgehead atoms. The van der Waals surface area contributed by atoms with Crippen molar-refractivity contribution in [1.29, 1.82) is 0 Å². The van der Waals surface area contributed by atoms with Crippen molar-refractivity contribution in [3.05, 3.63) is 35.4 Å². The molecule has 0 fully saturated rings. The molecule has 0 aliphatic heterocycles. The van der Waals surface area contributed by atoms with Crippen molar-refractivity contribution in [3.8, 4) is 0 Å². The molecule has 0 unspecified atom stereocenters. The number of nitrogens with zero attached hydrogens (tertiary/aromatic N) is 1. The van der Waals surface area contributed by atoms with Crippen molar-refractivity contribution in [1.82, 2.24) is 4.31 Å². The molecule has 0 aliphatic carbocycles. The standard InChI is InChI=1S/C19H25F8NO5S2/c1-4-13(5-2)11-14-7-9-15(10-8-14)12-28(6-3)34(29,30)18(24,25)16(20,21)17(22,23)19(26,27)35(31,32)33/h7-10,13H,4-6,11-12H2,1-3H3,(H,31,32,33). The van der Waals surface area contributed by atoms with E-state index in [-0.39, 0.29) is 9.87 Å². The van der Waals surface area contributed by atoms with Crippen molar-refractivity contribution in [3.63, 3.8) is 0 Å². The van der Waals surface area contributed by atoms with E-state index in [0.717, 1.165) is 25.3 Å². The normalized spacial score (nSPS) is 14.7. The SMILES string of the molecule is CCC(CC)Cc1ccc(CN(CC)S(=O)(=O)C(F)(F)C(F)(F)C(F)(F)C(F)(F)S(=O)(=O)O)cc1. The second-order valence-corrected chi connectivity index (χ2v) is 11.2. The maximum atomic E-state index is 14.3. The van der Waals surface area contributed by atoms with E-state index in [2.05, 4.69) is 0 Å². The summed E-state index contributed by atoms with van der Waals surface area (Å²) in [5.41, 5.74) is 0.801. The number of sulfonamides is 1. The van der Waals surface area contributed by atoms with Crippen LogP contribution in [0.15, 0.2) is 24.3 Å². The van der Waals surface area contributed by atoms with Crippen LogP contribution in [0.5, 0.6) is 0 Å². The van der Waals surface area contributed by atoms with Gasteiger partial charge in [-0.25, -0.2) is 8.42 Å². The molecule has 0 heterocycles. The van der Waals surface area contributed by atoms with Crippen LogP contribution in [-0.2, 0) is 33.1 Å². The molecule has 0 saturated carbocycles. The van der Waals surface area contributed by atoms with Crippen LogP contribution >= 0.6 is 0 Å². The first-order valence-electron chi connectivity index (χ1n) is 10.2. The Morgan fingerprint density at radius 3 is 1.54 bits per heavy atom. The Morgan fingerprint density at radius 2 is 1.17 bits per heavy atom. The van der Waals surface area contributed by atoms with Gasteiger partial charge in [0.1, 0.15) is 0 Å². The first-order chi connectivity index (χ1) is 15.7. The summed E-state index contributed by atoms with van der Waals surface area (Å²) in [7, 11) is -14.1. The summed E-state index contributed by atoms with van der Waals surface area (Å²) in [5.74, 6) is -14.6. The van der Waals surface area contributed by atoms with Gasteiger partial charge in [-0.3, -0.25) is 4.55 Å². The molecule has 6 nitrogen and oxygen atoms in total. The molecule has 0 amide bonds. The quantitative estimate of drug-likeness (QED) is 0.265. The molecule has 0 atom stereocenters. The highest BCUT2D eigenvalue weighted by Gasteiger charge is 2.87. The van der Waals surface area contributed by atoms with Gasteiger partial charge in [-0.1, -0.05) is 57.9 Å². The summed E-state index contributed by atoms with van der Waals surface area (Å²) in [5, 5.41) is -14.0. The highest BCUT2D eigenvalue weighted by Crippen LogP contribution is 2.56. The van der Waals surface area contributed by atoms with Crippen molar-refractivity contribution in [2.24, 2.45) is 5.92 Å². The minimum absolute atomic E-state index is 0.00198. The van der Waals surface area contributed by atoms with Crippen LogP contribution in [0.3, 0.4) is 0 Å². The van der Waals surface area contributed by atoms with Gasteiger partial charge in [0.05, 0.1) is 0 Å². The zero-order valence-electron chi connectivity index (χ0n) is 18.8. The monoisotopic (exact) mass is 563 g/mol. The third-order valence-electron chi connectivity index (χ3n) is 5.53. The molecule has 0 aliphatic rings. The van der Waals surface area contributed by atoms with Gasteiger partial charge >= 0.3 is 32.5 Å². The zero-order valence-corrected chi connectivity index (χ0v) is 20.4. The van der Waals surface area contributed by atoms with Crippen LogP contribution in [-0.4, -0.2) is 54.6 Å². The fourth-order valence-corrected chi connectivity index (χ4v) is 5.00. The molecule has 1 aromatic carbocycles. The first-order valence-corrected chi connectivity index (χ1v) is 13.1. The lowest BCUT2D eigenvalue weighted by molar-refractivity contribution is -0.327. The molecular weight excluding hydrogens is 538 g/mol. The Labute approximate surface area is 198 Å². The highest BCUT2D eigenvalue weighted by molar-refractivity contribution is 7.90. The smallest absolute Gasteiger partial charge is 0.281 e. The number of hydrogen-bond donors (Lipinski definition) is 1. The van der Waals surface area contributed by atoms with E-state index in [0.29, 0.717) is 12.3 Å². The third-order valence-corrected chi connectivity index (χ3v) is 8.40. The van der Waals surface area contributed by atoms with E-state index >= 15 is 0 Å². The van der Waals surface area contributed by atoms with E-state index in [1.54, 1.807) is 0 Å². The maximum absolute atomic E-state index is 14.3. The fourth-order valence-electron chi connectivity index (χ4n) is 3.11. The molecule has 1 N–H and O–H groups in total. The molecule has 1 aromatic rings. The lowest BCUT2D eigenvalue weighted by Gasteiger charge is -2.36. The average molecular weight is 564 g/mol. The van der Waals surface area contributed by atoms with Crippen LogP contribution in [0.2, 0.25) is 0 Å². The Bertz CT molecular complexity index is 1070. The number of alkyl halides is 8. The molecule has 16 heteroatoms. The third kappa shape index (κ3) is 5.59. The fraction of sp³-hybridized carbons (Fsp3) is 0.684. The summed E-state index contributed by atoms with van der Waals surface area (Å²) in [6, 6.07) is 5.66. The number of halogens is 8. The van der Waals surface area contributed by atoms with Crippen LogP contribution in [0.1, 0.15) is 44.7 Å². The van der Waals surface area contributed by atoms with Gasteiger partial charge in [-0.15, -0.1) is 0 Å². The van der Waals surface area contributed by atoms with E-state index in [4.69, 9.17) is 4.55 Å². The summed E-state index contributed by atoms with van der Waals surface area (Å²) in [6.45, 7) is 2.88. The van der Waals surface area contributed by atoms with E-state index in [1.807, 2.05) is 13.8 Å². The minimum Gasteiger partial charge on any atom is -0.281 e. The van der Waals surface area contributed by atoms with Crippen LogP contribution in [0, 0.1) is 5.92 Å². The zero-order chi connectivity index (χ0) is 27.7. The van der Waals surface area contributed by atoms with E-state index in [1.165, 1.54) is 24.3 Å². The Hall–Kier alpha value is -1.52. The van der Waals surface area contributed by atoms with E-state index in [9.17, 15) is 52.0 Å². The topological polar surface area (TPSA) is 91.8 Å². The van der Waals surface area contributed by atoms with Crippen molar-refractivity contribution >= 4 is 20.1 Å². The predicted molar refractivity (Wildman–Crippen MR) is 111 cm³/mol. The predicted octanol–water partition coefficient (Wildman–Crippen LogP) is 5.16. The Morgan fingerprint density at radius 1 is 0.771 bits per heavy atom. The van der Waals surface area contributed by atoms with Gasteiger partial charge in [0.2, 0.25) is 0 Å². The number of hydrogen-bond acceptors (Lipinski definition) is 4. The van der Waals surface area contributed by atoms with Gasteiger partial charge in [-0.2, -0.15) is 47.8 Å². The molecular formula is C19H25F8NO5S2. The van der Waals surface area contributed by atoms with Crippen LogP contribution in [0.25, 0.3) is 0 Å². The molecule has 1 rings (SSSR count). The van der Waals surface area contributed by atoms with Crippen LogP contribution < -0.4 is 0 Å². The Kier molecular flexibility index (Phi) is 9.41. The summed E-state index contributed by atoms with van der Waals surface area (Å²) >= 11 is 0. The molecule has 204 valence electrons. The largest absolute Gasteiger partial charge is 0.438 e. The van der Waals surface area contributed by atoms with Gasteiger partial charge in [0.15, 0.2) is 0 Å². The summed E-state index contributed by atoms with van der Waals surface area (Å²) in [4.78, 5) is 0. The highest BCUT2D eigenvalue weighted by atomic mass is 32.2. The molecule has 0 aromatic heterocycles. The van der Waals surface area contributed by atoms with Crippen molar-refractivity contribution < 1.29 is 56.5 Å². The molecule has 0 spiro atoms. The summed E-state index contributed by atoms with van der Waals surface area (Å²) < 4.78 is 164.